The minimum atomic E-state index is 0.265. The molecule has 1 aromatic rings. The molecule has 3 heteroatoms. The van der Waals surface area contributed by atoms with Crippen LogP contribution in [0.25, 0.3) is 0 Å². The minimum Gasteiger partial charge on any atom is -0.497 e. The van der Waals surface area contributed by atoms with Gasteiger partial charge in [-0.2, -0.15) is 0 Å². The molecule has 0 fully saturated rings. The van der Waals surface area contributed by atoms with Crippen LogP contribution in [0, 0.1) is 0 Å². The Morgan fingerprint density at radius 1 is 1.36 bits per heavy atom. The van der Waals surface area contributed by atoms with Gasteiger partial charge in [-0.25, -0.2) is 0 Å². The molecule has 0 saturated carbocycles. The van der Waals surface area contributed by atoms with Gasteiger partial charge in [0.1, 0.15) is 5.75 Å². The fourth-order valence-electron chi connectivity index (χ4n) is 1.30. The summed E-state index contributed by atoms with van der Waals surface area (Å²) >= 11 is 3.49. The first-order valence-corrected chi connectivity index (χ1v) is 5.50. The molecular weight excluding hydrogens is 244 g/mol. The van der Waals surface area contributed by atoms with E-state index in [1.165, 1.54) is 5.56 Å². The molecule has 1 aromatic carbocycles. The average molecular weight is 259 g/mol. The highest BCUT2D eigenvalue weighted by Crippen LogP contribution is 2.23. The van der Waals surface area contributed by atoms with Crippen molar-refractivity contribution >= 4 is 15.9 Å². The van der Waals surface area contributed by atoms with Gasteiger partial charge in [0.05, 0.1) is 7.11 Å². The molecule has 0 spiro atoms. The number of hydrogen-bond donors (Lipinski definition) is 1. The van der Waals surface area contributed by atoms with Crippen LogP contribution in [0.5, 0.6) is 5.75 Å². The molecular formula is C11H15BrO2. The minimum absolute atomic E-state index is 0.265. The van der Waals surface area contributed by atoms with Crippen molar-refractivity contribution in [3.8, 4) is 5.75 Å². The lowest BCUT2D eigenvalue weighted by atomic mass is 10.1. The fraction of sp³-hybridized carbons (Fsp3) is 0.455. The summed E-state index contributed by atoms with van der Waals surface area (Å²) in [6.07, 6.45) is 2.82. The number of halogens is 1. The molecule has 0 saturated heterocycles. The summed E-state index contributed by atoms with van der Waals surface area (Å²) in [6.45, 7) is 0.265. The summed E-state index contributed by atoms with van der Waals surface area (Å²) in [5, 5.41) is 8.68. The van der Waals surface area contributed by atoms with Gasteiger partial charge in [-0.3, -0.25) is 0 Å². The number of aryl methyl sites for hydroxylation is 1. The summed E-state index contributed by atoms with van der Waals surface area (Å²) < 4.78 is 6.25. The average Bonchev–Trinajstić information content (AvgIpc) is 2.21. The molecule has 2 nitrogen and oxygen atoms in total. The van der Waals surface area contributed by atoms with E-state index in [1.807, 2.05) is 18.2 Å². The lowest BCUT2D eigenvalue weighted by Crippen LogP contribution is -1.91. The van der Waals surface area contributed by atoms with Crippen LogP contribution in [-0.2, 0) is 6.42 Å². The normalized spacial score (nSPS) is 10.2. The predicted molar refractivity (Wildman–Crippen MR) is 60.7 cm³/mol. The zero-order valence-electron chi connectivity index (χ0n) is 8.29. The van der Waals surface area contributed by atoms with Gasteiger partial charge in [0.2, 0.25) is 0 Å². The molecule has 0 amide bonds. The molecule has 0 radical (unpaired) electrons. The van der Waals surface area contributed by atoms with E-state index in [2.05, 4.69) is 15.9 Å². The first-order chi connectivity index (χ1) is 6.77. The Kier molecular flexibility index (Phi) is 4.98. The van der Waals surface area contributed by atoms with Crippen molar-refractivity contribution < 1.29 is 9.84 Å². The van der Waals surface area contributed by atoms with Gasteiger partial charge in [-0.15, -0.1) is 0 Å². The second kappa shape index (κ2) is 6.04. The summed E-state index contributed by atoms with van der Waals surface area (Å²) in [4.78, 5) is 0. The maximum Gasteiger partial charge on any atom is 0.119 e. The van der Waals surface area contributed by atoms with Crippen LogP contribution in [0.15, 0.2) is 22.7 Å². The molecule has 0 aliphatic heterocycles. The molecule has 14 heavy (non-hydrogen) atoms. The molecule has 1 N–H and O–H groups in total. The van der Waals surface area contributed by atoms with Gasteiger partial charge in [-0.05, 0) is 43.0 Å². The number of unbranched alkanes of at least 4 members (excludes halogenated alkanes) is 1. The standard InChI is InChI=1S/C11H15BrO2/c1-14-10-5-6-11(12)9(8-10)4-2-3-7-13/h5-6,8,13H,2-4,7H2,1H3. The smallest absolute Gasteiger partial charge is 0.119 e. The monoisotopic (exact) mass is 258 g/mol. The molecule has 0 aliphatic carbocycles. The molecule has 1 rings (SSSR count). The Balaban J connectivity index is 2.64. The first kappa shape index (κ1) is 11.5. The van der Waals surface area contributed by atoms with Crippen molar-refractivity contribution in [2.75, 3.05) is 13.7 Å². The maximum absolute atomic E-state index is 8.68. The first-order valence-electron chi connectivity index (χ1n) is 4.71. The number of benzene rings is 1. The van der Waals surface area contributed by atoms with Gasteiger partial charge in [-0.1, -0.05) is 15.9 Å². The van der Waals surface area contributed by atoms with Crippen LogP contribution < -0.4 is 4.74 Å². The highest BCUT2D eigenvalue weighted by molar-refractivity contribution is 9.10. The Bertz CT molecular complexity index is 287. The topological polar surface area (TPSA) is 29.5 Å². The zero-order valence-corrected chi connectivity index (χ0v) is 9.88. The molecule has 0 aromatic heterocycles. The van der Waals surface area contributed by atoms with Gasteiger partial charge >= 0.3 is 0 Å². The van der Waals surface area contributed by atoms with Crippen molar-refractivity contribution in [3.63, 3.8) is 0 Å². The van der Waals surface area contributed by atoms with Crippen LogP contribution in [0.3, 0.4) is 0 Å². The molecule has 78 valence electrons. The lowest BCUT2D eigenvalue weighted by Gasteiger charge is -2.06. The number of aliphatic hydroxyl groups excluding tert-OH is 1. The van der Waals surface area contributed by atoms with Gasteiger partial charge in [0.25, 0.3) is 0 Å². The number of methoxy groups -OCH3 is 1. The highest BCUT2D eigenvalue weighted by atomic mass is 79.9. The van der Waals surface area contributed by atoms with Crippen molar-refractivity contribution in [2.45, 2.75) is 19.3 Å². The number of ether oxygens (including phenoxy) is 1. The lowest BCUT2D eigenvalue weighted by molar-refractivity contribution is 0.284. The van der Waals surface area contributed by atoms with Gasteiger partial charge < -0.3 is 9.84 Å². The van der Waals surface area contributed by atoms with Crippen molar-refractivity contribution in [1.29, 1.82) is 0 Å². The quantitative estimate of drug-likeness (QED) is 0.824. The molecule has 0 heterocycles. The second-order valence-corrected chi connectivity index (χ2v) is 3.99. The van der Waals surface area contributed by atoms with E-state index in [4.69, 9.17) is 9.84 Å². The summed E-state index contributed by atoms with van der Waals surface area (Å²) in [6, 6.07) is 5.95. The summed E-state index contributed by atoms with van der Waals surface area (Å²) in [5.74, 6) is 0.882. The van der Waals surface area contributed by atoms with E-state index < -0.39 is 0 Å². The van der Waals surface area contributed by atoms with Gasteiger partial charge in [0, 0.05) is 11.1 Å². The number of rotatable bonds is 5. The van der Waals surface area contributed by atoms with Crippen LogP contribution in [0.4, 0.5) is 0 Å². The van der Waals surface area contributed by atoms with E-state index in [0.717, 1.165) is 29.5 Å². The third-order valence-electron chi connectivity index (χ3n) is 2.11. The predicted octanol–water partition coefficient (Wildman–Crippen LogP) is 2.77. The molecule has 0 aliphatic rings. The van der Waals surface area contributed by atoms with E-state index in [0.29, 0.717) is 0 Å². The van der Waals surface area contributed by atoms with E-state index in [9.17, 15) is 0 Å². The third kappa shape index (κ3) is 3.31. The van der Waals surface area contributed by atoms with Crippen molar-refractivity contribution in [1.82, 2.24) is 0 Å². The van der Waals surface area contributed by atoms with Crippen LogP contribution in [0.1, 0.15) is 18.4 Å². The Morgan fingerprint density at radius 2 is 2.14 bits per heavy atom. The molecule has 0 bridgehead atoms. The summed E-state index contributed by atoms with van der Waals surface area (Å²) in [5.41, 5.74) is 1.23. The molecule has 0 unspecified atom stereocenters. The highest BCUT2D eigenvalue weighted by Gasteiger charge is 2.01. The third-order valence-corrected chi connectivity index (χ3v) is 2.88. The van der Waals surface area contributed by atoms with Crippen LogP contribution >= 0.6 is 15.9 Å². The Morgan fingerprint density at radius 3 is 2.79 bits per heavy atom. The fourth-order valence-corrected chi connectivity index (χ4v) is 1.74. The number of aliphatic hydroxyl groups is 1. The van der Waals surface area contributed by atoms with Crippen molar-refractivity contribution in [2.24, 2.45) is 0 Å². The Hall–Kier alpha value is -0.540. The number of hydrogen-bond acceptors (Lipinski definition) is 2. The van der Waals surface area contributed by atoms with E-state index in [-0.39, 0.29) is 6.61 Å². The second-order valence-electron chi connectivity index (χ2n) is 3.14. The summed E-state index contributed by atoms with van der Waals surface area (Å²) in [7, 11) is 1.67. The van der Waals surface area contributed by atoms with Crippen molar-refractivity contribution in [3.05, 3.63) is 28.2 Å². The van der Waals surface area contributed by atoms with Crippen LogP contribution in [-0.4, -0.2) is 18.8 Å². The molecule has 0 atom stereocenters. The maximum atomic E-state index is 8.68. The largest absolute Gasteiger partial charge is 0.497 e. The van der Waals surface area contributed by atoms with E-state index in [1.54, 1.807) is 7.11 Å². The zero-order chi connectivity index (χ0) is 10.4. The van der Waals surface area contributed by atoms with Gasteiger partial charge in [0.15, 0.2) is 0 Å². The van der Waals surface area contributed by atoms with Crippen LogP contribution in [0.2, 0.25) is 0 Å². The van der Waals surface area contributed by atoms with E-state index >= 15 is 0 Å². The Labute approximate surface area is 93.0 Å². The SMILES string of the molecule is COc1ccc(Br)c(CCCCO)c1.